The fraction of sp³-hybridized carbons (Fsp3) is 0.154. The number of carbonyl (C=O) groups excluding carboxylic acids is 2. The highest BCUT2D eigenvalue weighted by atomic mass is 79.9. The molecular weight excluding hydrogens is 498 g/mol. The Bertz CT molecular complexity index is 1450. The number of furan rings is 1. The fourth-order valence-corrected chi connectivity index (χ4v) is 4.57. The van der Waals surface area contributed by atoms with Gasteiger partial charge in [-0.3, -0.25) is 9.78 Å². The zero-order valence-electron chi connectivity index (χ0n) is 18.3. The van der Waals surface area contributed by atoms with Crippen molar-refractivity contribution in [3.63, 3.8) is 0 Å². The maximum Gasteiger partial charge on any atom is 0.380 e. The number of hydrazone groups is 1. The van der Waals surface area contributed by atoms with E-state index >= 15 is 0 Å². The lowest BCUT2D eigenvalue weighted by molar-refractivity contribution is 0.0700. The molecule has 0 saturated carbocycles. The molecule has 1 aliphatic carbocycles. The molecule has 0 bridgehead atoms. The minimum absolute atomic E-state index is 0.129. The first-order chi connectivity index (χ1) is 16.5. The Balaban J connectivity index is 1.42. The minimum atomic E-state index is -0.596. The van der Waals surface area contributed by atoms with Crippen molar-refractivity contribution < 1.29 is 18.7 Å². The maximum absolute atomic E-state index is 13.0. The summed E-state index contributed by atoms with van der Waals surface area (Å²) in [5.74, 6) is 0.245. The Morgan fingerprint density at radius 1 is 1.09 bits per heavy atom. The zero-order chi connectivity index (χ0) is 23.7. The second-order valence-corrected chi connectivity index (χ2v) is 8.76. The van der Waals surface area contributed by atoms with Crippen LogP contribution in [0.25, 0.3) is 10.9 Å². The number of hydrogen-bond donors (Lipinski definition) is 1. The van der Waals surface area contributed by atoms with E-state index in [1.165, 1.54) is 0 Å². The van der Waals surface area contributed by atoms with Gasteiger partial charge in [-0.1, -0.05) is 30.3 Å². The summed E-state index contributed by atoms with van der Waals surface area (Å²) in [5.41, 5.74) is 5.78. The summed E-state index contributed by atoms with van der Waals surface area (Å²) in [6.45, 7) is 1.80. The molecule has 0 saturated heterocycles. The lowest BCUT2D eigenvalue weighted by atomic mass is 9.93. The van der Waals surface area contributed by atoms with Crippen molar-refractivity contribution in [2.45, 2.75) is 26.2 Å². The van der Waals surface area contributed by atoms with Gasteiger partial charge >= 0.3 is 5.97 Å². The minimum Gasteiger partial charge on any atom is -0.453 e. The number of aryl methyl sites for hydroxylation is 1. The van der Waals surface area contributed by atoms with Crippen molar-refractivity contribution in [3.8, 4) is 5.75 Å². The van der Waals surface area contributed by atoms with Crippen LogP contribution in [0.15, 0.2) is 74.8 Å². The molecular formula is C26H20BrN3O4. The Morgan fingerprint density at radius 3 is 2.76 bits per heavy atom. The van der Waals surface area contributed by atoms with Gasteiger partial charge in [0.2, 0.25) is 5.76 Å². The van der Waals surface area contributed by atoms with Crippen molar-refractivity contribution in [1.29, 1.82) is 0 Å². The van der Waals surface area contributed by atoms with Crippen LogP contribution in [-0.2, 0) is 6.42 Å². The topological polar surface area (TPSA) is 93.8 Å². The number of ether oxygens (including phenoxy) is 1. The summed E-state index contributed by atoms with van der Waals surface area (Å²) >= 11 is 3.38. The van der Waals surface area contributed by atoms with E-state index in [0.717, 1.165) is 17.4 Å². The lowest BCUT2D eigenvalue weighted by Gasteiger charge is -2.13. The fourth-order valence-electron chi connectivity index (χ4n) is 4.10. The van der Waals surface area contributed by atoms with E-state index in [2.05, 4.69) is 31.4 Å². The molecule has 2 aromatic heterocycles. The number of nitrogens with zero attached hydrogens (tertiary/aromatic N) is 2. The van der Waals surface area contributed by atoms with Gasteiger partial charge in [-0.2, -0.15) is 5.10 Å². The largest absolute Gasteiger partial charge is 0.453 e. The molecule has 34 heavy (non-hydrogen) atoms. The van der Waals surface area contributed by atoms with Crippen molar-refractivity contribution in [3.05, 3.63) is 93.5 Å². The number of esters is 1. The highest BCUT2D eigenvalue weighted by Gasteiger charge is 2.29. The van der Waals surface area contributed by atoms with Gasteiger partial charge in [0, 0.05) is 33.6 Å². The first-order valence-electron chi connectivity index (χ1n) is 10.8. The van der Waals surface area contributed by atoms with Crippen molar-refractivity contribution in [1.82, 2.24) is 10.4 Å². The van der Waals surface area contributed by atoms with Gasteiger partial charge < -0.3 is 9.15 Å². The van der Waals surface area contributed by atoms with Crippen molar-refractivity contribution in [2.75, 3.05) is 0 Å². The number of carbonyl (C=O) groups is 2. The molecule has 1 aliphatic rings. The molecule has 0 radical (unpaired) electrons. The smallest absolute Gasteiger partial charge is 0.380 e. The molecule has 8 heteroatoms. The quantitative estimate of drug-likeness (QED) is 0.216. The number of para-hydroxylation sites is 1. The van der Waals surface area contributed by atoms with E-state index in [1.807, 2.05) is 30.3 Å². The van der Waals surface area contributed by atoms with E-state index in [4.69, 9.17) is 9.15 Å². The third kappa shape index (κ3) is 4.12. The summed E-state index contributed by atoms with van der Waals surface area (Å²) in [5, 5.41) is 5.25. The van der Waals surface area contributed by atoms with Crippen LogP contribution in [-0.4, -0.2) is 22.6 Å². The summed E-state index contributed by atoms with van der Waals surface area (Å²) in [6.07, 6.45) is 3.79. The first kappa shape index (κ1) is 22.0. The maximum atomic E-state index is 13.0. The summed E-state index contributed by atoms with van der Waals surface area (Å²) in [4.78, 5) is 29.9. The Hall–Kier alpha value is -3.78. The molecule has 1 N–H and O–H groups in total. The highest BCUT2D eigenvalue weighted by Crippen LogP contribution is 2.31. The van der Waals surface area contributed by atoms with Crippen molar-refractivity contribution >= 4 is 44.4 Å². The number of amides is 1. The Kier molecular flexibility index (Phi) is 5.98. The van der Waals surface area contributed by atoms with Crippen LogP contribution in [0.4, 0.5) is 0 Å². The molecule has 170 valence electrons. The molecule has 0 unspecified atom stereocenters. The molecule has 2 heterocycles. The predicted octanol–water partition coefficient (Wildman–Crippen LogP) is 5.59. The van der Waals surface area contributed by atoms with Crippen LogP contribution < -0.4 is 10.2 Å². The van der Waals surface area contributed by atoms with E-state index in [-0.39, 0.29) is 11.7 Å². The number of aromatic nitrogens is 1. The molecule has 0 spiro atoms. The van der Waals surface area contributed by atoms with Crippen LogP contribution >= 0.6 is 15.9 Å². The summed E-state index contributed by atoms with van der Waals surface area (Å²) in [7, 11) is 0. The van der Waals surface area contributed by atoms with E-state index < -0.39 is 5.97 Å². The van der Waals surface area contributed by atoms with E-state index in [0.29, 0.717) is 51.2 Å². The van der Waals surface area contributed by atoms with Gasteiger partial charge in [0.25, 0.3) is 5.91 Å². The number of pyridine rings is 1. The second kappa shape index (κ2) is 9.23. The second-order valence-electron chi connectivity index (χ2n) is 7.91. The van der Waals surface area contributed by atoms with Crippen LogP contribution in [0.2, 0.25) is 0 Å². The van der Waals surface area contributed by atoms with E-state index in [1.54, 1.807) is 37.4 Å². The Labute approximate surface area is 204 Å². The molecule has 1 amide bonds. The molecule has 5 rings (SSSR count). The third-order valence-corrected chi connectivity index (χ3v) is 6.41. The zero-order valence-corrected chi connectivity index (χ0v) is 19.9. The van der Waals surface area contributed by atoms with Gasteiger partial charge in [0.05, 0.1) is 11.3 Å². The lowest BCUT2D eigenvalue weighted by Crippen LogP contribution is -2.22. The Morgan fingerprint density at radius 2 is 1.91 bits per heavy atom. The SMILES string of the molecule is Cc1c(C(=O)Oc2cccc3cccnc23)oc2c1/C(=N/NC(=O)c1ccccc1Br)CCC2. The van der Waals surface area contributed by atoms with Crippen molar-refractivity contribution in [2.24, 2.45) is 5.10 Å². The third-order valence-electron chi connectivity index (χ3n) is 5.72. The van der Waals surface area contributed by atoms with Gasteiger partial charge in [0.15, 0.2) is 5.75 Å². The normalized spacial score (nSPS) is 14.1. The average molecular weight is 518 g/mol. The number of benzene rings is 2. The van der Waals surface area contributed by atoms with Crippen LogP contribution in [0.3, 0.4) is 0 Å². The van der Waals surface area contributed by atoms with E-state index in [9.17, 15) is 9.59 Å². The van der Waals surface area contributed by atoms with Crippen LogP contribution in [0.5, 0.6) is 5.75 Å². The number of nitrogens with one attached hydrogen (secondary N) is 1. The first-order valence-corrected chi connectivity index (χ1v) is 11.6. The summed E-state index contributed by atoms with van der Waals surface area (Å²) < 4.78 is 12.3. The summed E-state index contributed by atoms with van der Waals surface area (Å²) in [6, 6.07) is 16.3. The monoisotopic (exact) mass is 517 g/mol. The molecule has 7 nitrogen and oxygen atoms in total. The molecule has 2 aromatic carbocycles. The molecule has 4 aromatic rings. The van der Waals surface area contributed by atoms with Gasteiger partial charge in [0.1, 0.15) is 11.3 Å². The van der Waals surface area contributed by atoms with Gasteiger partial charge in [-0.25, -0.2) is 10.2 Å². The number of halogens is 1. The number of rotatable bonds is 4. The molecule has 0 aliphatic heterocycles. The van der Waals surface area contributed by atoms with Crippen LogP contribution in [0, 0.1) is 6.92 Å². The van der Waals surface area contributed by atoms with Gasteiger partial charge in [-0.05, 0) is 60.0 Å². The van der Waals surface area contributed by atoms with Gasteiger partial charge in [-0.15, -0.1) is 0 Å². The number of fused-ring (bicyclic) bond motifs is 2. The number of hydrogen-bond acceptors (Lipinski definition) is 6. The predicted molar refractivity (Wildman–Crippen MR) is 131 cm³/mol. The standard InChI is InChI=1S/C26H20BrN3O4/c1-15-22-19(29-30-25(31)17-9-2-3-10-18(17)27)11-5-12-20(22)33-24(15)26(32)34-21-13-4-7-16-8-6-14-28-23(16)21/h2-4,6-10,13-14H,5,11-12H2,1H3,(H,30,31)/b29-19+. The molecule has 0 fully saturated rings. The molecule has 0 atom stereocenters. The highest BCUT2D eigenvalue weighted by molar-refractivity contribution is 9.10. The average Bonchev–Trinajstić information content (AvgIpc) is 3.20. The van der Waals surface area contributed by atoms with Crippen LogP contribution in [0.1, 0.15) is 50.6 Å².